The molecule has 0 aromatic heterocycles. The Kier molecular flexibility index (Phi) is 6.28. The number of carbonyl (C=O) groups excluding carboxylic acids is 1. The van der Waals surface area contributed by atoms with Crippen molar-refractivity contribution in [3.05, 3.63) is 0 Å². The number of rotatable bonds is 4. The zero-order chi connectivity index (χ0) is 16.9. The fourth-order valence-electron chi connectivity index (χ4n) is 2.88. The molecule has 2 fully saturated rings. The number of hydrogen-bond acceptors (Lipinski definition) is 5. The summed E-state index contributed by atoms with van der Waals surface area (Å²) in [7, 11) is 0. The molecule has 6 nitrogen and oxygen atoms in total. The van der Waals surface area contributed by atoms with Crippen LogP contribution in [0.5, 0.6) is 0 Å². The van der Waals surface area contributed by atoms with E-state index in [4.69, 9.17) is 14.2 Å². The lowest BCUT2D eigenvalue weighted by Crippen LogP contribution is -2.48. The van der Waals surface area contributed by atoms with Crippen molar-refractivity contribution in [3.8, 4) is 0 Å². The minimum atomic E-state index is -0.438. The van der Waals surface area contributed by atoms with E-state index in [9.17, 15) is 4.79 Å². The highest BCUT2D eigenvalue weighted by Gasteiger charge is 2.34. The van der Waals surface area contributed by atoms with E-state index in [1.54, 1.807) is 4.90 Å². The van der Waals surface area contributed by atoms with Gasteiger partial charge < -0.3 is 19.1 Å². The van der Waals surface area contributed by atoms with Gasteiger partial charge in [0.15, 0.2) is 0 Å². The lowest BCUT2D eigenvalue weighted by Gasteiger charge is -2.40. The Morgan fingerprint density at radius 1 is 1.13 bits per heavy atom. The number of ether oxygens (including phenoxy) is 3. The number of hydrogen-bond donors (Lipinski definition) is 0. The van der Waals surface area contributed by atoms with Gasteiger partial charge in [0, 0.05) is 32.7 Å². The molecule has 0 bridgehead atoms. The highest BCUT2D eigenvalue weighted by atomic mass is 16.6. The van der Waals surface area contributed by atoms with Gasteiger partial charge in [-0.1, -0.05) is 0 Å². The number of nitrogens with zero attached hydrogens (tertiary/aromatic N) is 2. The second kappa shape index (κ2) is 7.81. The summed E-state index contributed by atoms with van der Waals surface area (Å²) < 4.78 is 16.9. The van der Waals surface area contributed by atoms with Gasteiger partial charge >= 0.3 is 6.09 Å². The molecule has 23 heavy (non-hydrogen) atoms. The Balaban J connectivity index is 1.68. The van der Waals surface area contributed by atoms with Crippen LogP contribution >= 0.6 is 0 Å². The molecule has 0 aliphatic carbocycles. The van der Waals surface area contributed by atoms with E-state index in [2.05, 4.69) is 11.8 Å². The summed E-state index contributed by atoms with van der Waals surface area (Å²) >= 11 is 0. The lowest BCUT2D eigenvalue weighted by atomic mass is 9.93. The van der Waals surface area contributed by atoms with Gasteiger partial charge in [0.2, 0.25) is 0 Å². The molecule has 134 valence electrons. The van der Waals surface area contributed by atoms with Crippen LogP contribution in [0.1, 0.15) is 40.5 Å². The molecule has 0 aromatic carbocycles. The molecule has 2 saturated heterocycles. The van der Waals surface area contributed by atoms with Crippen LogP contribution in [0.2, 0.25) is 0 Å². The lowest BCUT2D eigenvalue weighted by molar-refractivity contribution is -0.0812. The molecule has 0 aromatic rings. The van der Waals surface area contributed by atoms with Crippen LogP contribution in [0.25, 0.3) is 0 Å². The van der Waals surface area contributed by atoms with Crippen molar-refractivity contribution in [2.24, 2.45) is 0 Å². The molecule has 2 heterocycles. The fourth-order valence-corrected chi connectivity index (χ4v) is 2.88. The normalized spacial score (nSPS) is 22.9. The molecule has 6 heteroatoms. The van der Waals surface area contributed by atoms with Gasteiger partial charge in [-0.15, -0.1) is 0 Å². The number of morpholine rings is 1. The molecular formula is C17H32N2O4. The zero-order valence-electron chi connectivity index (χ0n) is 15.1. The van der Waals surface area contributed by atoms with Gasteiger partial charge in [0.05, 0.1) is 25.4 Å². The van der Waals surface area contributed by atoms with E-state index >= 15 is 0 Å². The van der Waals surface area contributed by atoms with E-state index in [-0.39, 0.29) is 11.7 Å². The van der Waals surface area contributed by atoms with Gasteiger partial charge in [-0.25, -0.2) is 4.79 Å². The second-order valence-electron chi connectivity index (χ2n) is 7.72. The molecule has 0 atom stereocenters. The van der Waals surface area contributed by atoms with Crippen LogP contribution in [0.4, 0.5) is 4.79 Å². The maximum absolute atomic E-state index is 12.1. The second-order valence-corrected chi connectivity index (χ2v) is 7.72. The fraction of sp³-hybridized carbons (Fsp3) is 0.941. The topological polar surface area (TPSA) is 51.2 Å². The van der Waals surface area contributed by atoms with Crippen LogP contribution in [-0.2, 0) is 14.2 Å². The Morgan fingerprint density at radius 3 is 2.30 bits per heavy atom. The third-order valence-electron chi connectivity index (χ3n) is 4.43. The quantitative estimate of drug-likeness (QED) is 0.791. The van der Waals surface area contributed by atoms with Crippen LogP contribution in [-0.4, -0.2) is 79.6 Å². The van der Waals surface area contributed by atoms with Crippen molar-refractivity contribution in [1.29, 1.82) is 0 Å². The Morgan fingerprint density at radius 2 is 1.74 bits per heavy atom. The van der Waals surface area contributed by atoms with Crippen LogP contribution in [0.15, 0.2) is 0 Å². The molecule has 1 amide bonds. The first kappa shape index (κ1) is 18.5. The van der Waals surface area contributed by atoms with Crippen molar-refractivity contribution < 1.29 is 19.0 Å². The summed E-state index contributed by atoms with van der Waals surface area (Å²) in [4.78, 5) is 16.3. The summed E-state index contributed by atoms with van der Waals surface area (Å²) in [6, 6.07) is 0. The summed E-state index contributed by atoms with van der Waals surface area (Å²) in [5.41, 5.74) is -0.572. The standard InChI is InChI=1S/C17H32N2O4/c1-16(2,3)23-15(20)19-7-5-17(4,6-8-19)22-14-11-18-9-12-21-13-10-18/h5-14H2,1-4H3. The highest BCUT2D eigenvalue weighted by molar-refractivity contribution is 5.68. The summed E-state index contributed by atoms with van der Waals surface area (Å²) in [6.45, 7) is 14.6. The summed E-state index contributed by atoms with van der Waals surface area (Å²) in [5, 5.41) is 0. The van der Waals surface area contributed by atoms with Crippen LogP contribution in [0, 0.1) is 0 Å². The minimum absolute atomic E-state index is 0.134. The minimum Gasteiger partial charge on any atom is -0.444 e. The molecule has 2 rings (SSSR count). The predicted molar refractivity (Wildman–Crippen MR) is 88.7 cm³/mol. The number of piperidine rings is 1. The van der Waals surface area contributed by atoms with Gasteiger partial charge in [-0.05, 0) is 40.5 Å². The van der Waals surface area contributed by atoms with E-state index < -0.39 is 5.60 Å². The van der Waals surface area contributed by atoms with E-state index in [1.807, 2.05) is 20.8 Å². The first-order valence-electron chi connectivity index (χ1n) is 8.69. The van der Waals surface area contributed by atoms with Crippen molar-refractivity contribution in [3.63, 3.8) is 0 Å². The summed E-state index contributed by atoms with van der Waals surface area (Å²) in [6.07, 6.45) is 1.50. The van der Waals surface area contributed by atoms with Crippen LogP contribution < -0.4 is 0 Å². The molecular weight excluding hydrogens is 296 g/mol. The maximum Gasteiger partial charge on any atom is 0.410 e. The van der Waals surface area contributed by atoms with Gasteiger partial charge in [0.1, 0.15) is 5.60 Å². The molecule has 0 saturated carbocycles. The molecule has 2 aliphatic rings. The molecule has 0 N–H and O–H groups in total. The van der Waals surface area contributed by atoms with Crippen molar-refractivity contribution >= 4 is 6.09 Å². The average Bonchev–Trinajstić information content (AvgIpc) is 2.47. The average molecular weight is 328 g/mol. The first-order valence-corrected chi connectivity index (χ1v) is 8.69. The van der Waals surface area contributed by atoms with E-state index in [0.29, 0.717) is 13.1 Å². The Hall–Kier alpha value is -0.850. The van der Waals surface area contributed by atoms with Crippen LogP contribution in [0.3, 0.4) is 0 Å². The number of amides is 1. The SMILES string of the molecule is CC(C)(C)OC(=O)N1CCC(C)(OCCN2CCOCC2)CC1. The number of likely N-dealkylation sites (tertiary alicyclic amines) is 1. The smallest absolute Gasteiger partial charge is 0.410 e. The van der Waals surface area contributed by atoms with Gasteiger partial charge in [-0.2, -0.15) is 0 Å². The largest absolute Gasteiger partial charge is 0.444 e. The van der Waals surface area contributed by atoms with Crippen molar-refractivity contribution in [1.82, 2.24) is 9.80 Å². The summed E-state index contributed by atoms with van der Waals surface area (Å²) in [5.74, 6) is 0. The van der Waals surface area contributed by atoms with Gasteiger partial charge in [0.25, 0.3) is 0 Å². The predicted octanol–water partition coefficient (Wildman–Crippen LogP) is 2.12. The molecule has 0 radical (unpaired) electrons. The zero-order valence-corrected chi connectivity index (χ0v) is 15.1. The Bertz CT molecular complexity index is 381. The monoisotopic (exact) mass is 328 g/mol. The Labute approximate surface area is 140 Å². The maximum atomic E-state index is 12.1. The molecule has 2 aliphatic heterocycles. The van der Waals surface area contributed by atoms with Gasteiger partial charge in [-0.3, -0.25) is 4.90 Å². The number of carbonyl (C=O) groups is 1. The third-order valence-corrected chi connectivity index (χ3v) is 4.43. The first-order chi connectivity index (χ1) is 10.8. The molecule has 0 spiro atoms. The van der Waals surface area contributed by atoms with E-state index in [1.165, 1.54) is 0 Å². The van der Waals surface area contributed by atoms with Crippen molar-refractivity contribution in [2.75, 3.05) is 52.5 Å². The van der Waals surface area contributed by atoms with Crippen molar-refractivity contribution in [2.45, 2.75) is 51.7 Å². The third kappa shape index (κ3) is 6.28. The molecule has 0 unspecified atom stereocenters. The van der Waals surface area contributed by atoms with E-state index in [0.717, 1.165) is 52.3 Å². The highest BCUT2D eigenvalue weighted by Crippen LogP contribution is 2.26.